The molecule has 6 heteroatoms. The number of nitrogens with zero attached hydrogens (tertiary/aromatic N) is 1. The quantitative estimate of drug-likeness (QED) is 0.682. The second-order valence-electron chi connectivity index (χ2n) is 3.15. The molecular formula is C8H12F3NOS. The third kappa shape index (κ3) is 2.80. The van der Waals surface area contributed by atoms with Crippen LogP contribution in [0.15, 0.2) is 0 Å². The average Bonchev–Trinajstić information content (AvgIpc) is 2.15. The summed E-state index contributed by atoms with van der Waals surface area (Å²) in [5.74, 6) is -1.10. The van der Waals surface area contributed by atoms with E-state index in [1.165, 1.54) is 0 Å². The monoisotopic (exact) mass is 227 g/mol. The van der Waals surface area contributed by atoms with Crippen molar-refractivity contribution in [3.63, 3.8) is 0 Å². The van der Waals surface area contributed by atoms with Crippen LogP contribution in [-0.2, 0) is 4.79 Å². The molecule has 0 radical (unpaired) electrons. The first-order chi connectivity index (χ1) is 6.45. The Morgan fingerprint density at radius 1 is 1.57 bits per heavy atom. The number of carbonyl (C=O) groups is 1. The maximum Gasteiger partial charge on any atom is 0.471 e. The molecule has 82 valence electrons. The summed E-state index contributed by atoms with van der Waals surface area (Å²) in [5, 5.41) is 0.148. The van der Waals surface area contributed by atoms with Gasteiger partial charge in [0.05, 0.1) is 0 Å². The lowest BCUT2D eigenvalue weighted by Crippen LogP contribution is -2.47. The molecule has 0 aromatic carbocycles. The van der Waals surface area contributed by atoms with Crippen molar-refractivity contribution in [3.8, 4) is 0 Å². The van der Waals surface area contributed by atoms with Crippen LogP contribution in [0.2, 0.25) is 0 Å². The molecule has 0 N–H and O–H groups in total. The van der Waals surface area contributed by atoms with E-state index in [1.54, 1.807) is 11.8 Å². The zero-order valence-corrected chi connectivity index (χ0v) is 8.62. The first kappa shape index (κ1) is 11.7. The van der Waals surface area contributed by atoms with Crippen LogP contribution in [-0.4, -0.2) is 41.1 Å². The average molecular weight is 227 g/mol. The van der Waals surface area contributed by atoms with Gasteiger partial charge in [0.1, 0.15) is 0 Å². The molecule has 0 saturated carbocycles. The van der Waals surface area contributed by atoms with Crippen LogP contribution in [0.1, 0.15) is 13.3 Å². The Kier molecular flexibility index (Phi) is 3.69. The van der Waals surface area contributed by atoms with Crippen LogP contribution in [0.25, 0.3) is 0 Å². The Morgan fingerprint density at radius 2 is 2.21 bits per heavy atom. The van der Waals surface area contributed by atoms with E-state index in [9.17, 15) is 18.0 Å². The minimum atomic E-state index is -4.72. The van der Waals surface area contributed by atoms with Crippen LogP contribution < -0.4 is 0 Å². The van der Waals surface area contributed by atoms with Gasteiger partial charge in [0.15, 0.2) is 0 Å². The van der Waals surface area contributed by atoms with Gasteiger partial charge in [-0.3, -0.25) is 4.79 Å². The van der Waals surface area contributed by atoms with E-state index >= 15 is 0 Å². The molecule has 1 aliphatic heterocycles. The standard InChI is InChI=1S/C8H12F3NOS/c1-2-6-5-12(3-4-14-6)7(13)8(9,10)11/h6H,2-5H2,1H3. The molecule has 1 heterocycles. The molecule has 1 atom stereocenters. The zero-order chi connectivity index (χ0) is 10.8. The number of hydrogen-bond acceptors (Lipinski definition) is 2. The van der Waals surface area contributed by atoms with E-state index in [-0.39, 0.29) is 18.3 Å². The highest BCUT2D eigenvalue weighted by molar-refractivity contribution is 8.00. The normalized spacial score (nSPS) is 23.7. The largest absolute Gasteiger partial charge is 0.471 e. The summed E-state index contributed by atoms with van der Waals surface area (Å²) < 4.78 is 36.2. The second-order valence-corrected chi connectivity index (χ2v) is 4.56. The van der Waals surface area contributed by atoms with Gasteiger partial charge in [-0.05, 0) is 6.42 Å². The van der Waals surface area contributed by atoms with Gasteiger partial charge in [-0.15, -0.1) is 0 Å². The van der Waals surface area contributed by atoms with Crippen molar-refractivity contribution in [2.24, 2.45) is 0 Å². The molecular weight excluding hydrogens is 215 g/mol. The minimum Gasteiger partial charge on any atom is -0.333 e. The molecule has 1 fully saturated rings. The Labute approximate surface area is 84.8 Å². The molecule has 0 bridgehead atoms. The van der Waals surface area contributed by atoms with E-state index < -0.39 is 12.1 Å². The Bertz CT molecular complexity index is 219. The SMILES string of the molecule is CCC1CN(C(=O)C(F)(F)F)CCS1. The molecule has 1 saturated heterocycles. The summed E-state index contributed by atoms with van der Waals surface area (Å²) in [6.07, 6.45) is -3.92. The Hall–Kier alpha value is -0.390. The minimum absolute atomic E-state index is 0.148. The fourth-order valence-corrected chi connectivity index (χ4v) is 2.51. The van der Waals surface area contributed by atoms with Gasteiger partial charge in [-0.2, -0.15) is 24.9 Å². The van der Waals surface area contributed by atoms with E-state index in [4.69, 9.17) is 0 Å². The van der Waals surface area contributed by atoms with Gasteiger partial charge in [0.25, 0.3) is 0 Å². The van der Waals surface area contributed by atoms with E-state index in [2.05, 4.69) is 0 Å². The molecule has 2 nitrogen and oxygen atoms in total. The van der Waals surface area contributed by atoms with Crippen LogP contribution in [0.5, 0.6) is 0 Å². The molecule has 0 aliphatic carbocycles. The highest BCUT2D eigenvalue weighted by Crippen LogP contribution is 2.25. The third-order valence-electron chi connectivity index (χ3n) is 2.12. The van der Waals surface area contributed by atoms with Crippen molar-refractivity contribution in [2.75, 3.05) is 18.8 Å². The van der Waals surface area contributed by atoms with Gasteiger partial charge < -0.3 is 4.90 Å². The molecule has 0 spiro atoms. The summed E-state index contributed by atoms with van der Waals surface area (Å²) in [4.78, 5) is 11.8. The highest BCUT2D eigenvalue weighted by atomic mass is 32.2. The zero-order valence-electron chi connectivity index (χ0n) is 7.80. The van der Waals surface area contributed by atoms with Crippen molar-refractivity contribution in [1.82, 2.24) is 4.90 Å². The number of carbonyl (C=O) groups excluding carboxylic acids is 1. The first-order valence-electron chi connectivity index (χ1n) is 4.43. The highest BCUT2D eigenvalue weighted by Gasteiger charge is 2.43. The van der Waals surface area contributed by atoms with Crippen molar-refractivity contribution < 1.29 is 18.0 Å². The fourth-order valence-electron chi connectivity index (χ4n) is 1.33. The Morgan fingerprint density at radius 3 is 2.71 bits per heavy atom. The van der Waals surface area contributed by atoms with Crippen molar-refractivity contribution in [2.45, 2.75) is 24.8 Å². The summed E-state index contributed by atoms with van der Waals surface area (Å²) in [6.45, 7) is 2.35. The molecule has 1 rings (SSSR count). The molecule has 1 unspecified atom stereocenters. The van der Waals surface area contributed by atoms with Crippen LogP contribution in [0, 0.1) is 0 Å². The fraction of sp³-hybridized carbons (Fsp3) is 0.875. The van der Waals surface area contributed by atoms with E-state index in [0.717, 1.165) is 11.3 Å². The molecule has 0 aromatic heterocycles. The maximum absolute atomic E-state index is 12.1. The first-order valence-corrected chi connectivity index (χ1v) is 5.47. The van der Waals surface area contributed by atoms with Gasteiger partial charge in [0.2, 0.25) is 0 Å². The lowest BCUT2D eigenvalue weighted by molar-refractivity contribution is -0.185. The number of hydrogen-bond donors (Lipinski definition) is 0. The summed E-state index contributed by atoms with van der Waals surface area (Å²) in [7, 11) is 0. The number of alkyl halides is 3. The predicted molar refractivity (Wildman–Crippen MR) is 49.2 cm³/mol. The lowest BCUT2D eigenvalue weighted by Gasteiger charge is -2.32. The van der Waals surface area contributed by atoms with Crippen LogP contribution in [0.4, 0.5) is 13.2 Å². The van der Waals surface area contributed by atoms with E-state index in [1.807, 2.05) is 6.92 Å². The molecule has 1 aliphatic rings. The summed E-state index contributed by atoms with van der Waals surface area (Å²) >= 11 is 1.63. The van der Waals surface area contributed by atoms with Crippen LogP contribution in [0.3, 0.4) is 0 Å². The topological polar surface area (TPSA) is 20.3 Å². The lowest BCUT2D eigenvalue weighted by atomic mass is 10.3. The third-order valence-corrected chi connectivity index (χ3v) is 3.50. The molecule has 14 heavy (non-hydrogen) atoms. The molecule has 0 aromatic rings. The van der Waals surface area contributed by atoms with Gasteiger partial charge in [0, 0.05) is 24.1 Å². The summed E-state index contributed by atoms with van der Waals surface area (Å²) in [5.41, 5.74) is 0. The van der Waals surface area contributed by atoms with Gasteiger partial charge in [-0.25, -0.2) is 0 Å². The number of amides is 1. The summed E-state index contributed by atoms with van der Waals surface area (Å²) in [6, 6.07) is 0. The van der Waals surface area contributed by atoms with Gasteiger partial charge >= 0.3 is 12.1 Å². The number of rotatable bonds is 1. The maximum atomic E-state index is 12.1. The van der Waals surface area contributed by atoms with E-state index in [0.29, 0.717) is 5.75 Å². The van der Waals surface area contributed by atoms with Gasteiger partial charge in [-0.1, -0.05) is 6.92 Å². The number of thioether (sulfide) groups is 1. The van der Waals surface area contributed by atoms with Crippen LogP contribution >= 0.6 is 11.8 Å². The van der Waals surface area contributed by atoms with Crippen molar-refractivity contribution in [1.29, 1.82) is 0 Å². The van der Waals surface area contributed by atoms with Crippen molar-refractivity contribution >= 4 is 17.7 Å². The van der Waals surface area contributed by atoms with Crippen molar-refractivity contribution in [3.05, 3.63) is 0 Å². The second kappa shape index (κ2) is 4.42. The number of halogens is 3. The Balaban J connectivity index is 2.56. The smallest absolute Gasteiger partial charge is 0.333 e. The predicted octanol–water partition coefficient (Wildman–Crippen LogP) is 1.90. The molecule has 1 amide bonds.